The molecular weight excluding hydrogens is 230 g/mol. The van der Waals surface area contributed by atoms with Crippen LogP contribution in [0.5, 0.6) is 0 Å². The van der Waals surface area contributed by atoms with E-state index in [0.29, 0.717) is 11.3 Å². The van der Waals surface area contributed by atoms with Crippen LogP contribution in [0.4, 0.5) is 5.69 Å². The van der Waals surface area contributed by atoms with Gasteiger partial charge < -0.3 is 16.4 Å². The number of hydrogen-bond acceptors (Lipinski definition) is 3. The van der Waals surface area contributed by atoms with E-state index in [1.165, 1.54) is 0 Å². The SMILES string of the molecule is CNC(=O)c1cccc(NC(=O)C(C)(C)CN)c1. The Morgan fingerprint density at radius 1 is 1.33 bits per heavy atom. The Kier molecular flexibility index (Phi) is 4.44. The van der Waals surface area contributed by atoms with Gasteiger partial charge in [-0.2, -0.15) is 0 Å². The molecule has 1 aromatic rings. The summed E-state index contributed by atoms with van der Waals surface area (Å²) in [6, 6.07) is 6.76. The van der Waals surface area contributed by atoms with Crippen molar-refractivity contribution < 1.29 is 9.59 Å². The summed E-state index contributed by atoms with van der Waals surface area (Å²) in [4.78, 5) is 23.4. The number of rotatable bonds is 4. The summed E-state index contributed by atoms with van der Waals surface area (Å²) < 4.78 is 0. The van der Waals surface area contributed by atoms with Crippen molar-refractivity contribution in [3.05, 3.63) is 29.8 Å². The maximum Gasteiger partial charge on any atom is 0.251 e. The van der Waals surface area contributed by atoms with E-state index in [0.717, 1.165) is 0 Å². The normalized spacial score (nSPS) is 10.9. The first-order valence-electron chi connectivity index (χ1n) is 5.74. The fraction of sp³-hybridized carbons (Fsp3) is 0.385. The van der Waals surface area contributed by atoms with Crippen LogP contribution in [-0.2, 0) is 4.79 Å². The maximum atomic E-state index is 11.9. The molecule has 2 amide bonds. The van der Waals surface area contributed by atoms with Gasteiger partial charge in [-0.05, 0) is 32.0 Å². The predicted octanol–water partition coefficient (Wildman–Crippen LogP) is 0.970. The summed E-state index contributed by atoms with van der Waals surface area (Å²) >= 11 is 0. The number of nitrogens with two attached hydrogens (primary N) is 1. The van der Waals surface area contributed by atoms with E-state index < -0.39 is 5.41 Å². The number of carbonyl (C=O) groups is 2. The maximum absolute atomic E-state index is 11.9. The van der Waals surface area contributed by atoms with Gasteiger partial charge in [-0.1, -0.05) is 6.07 Å². The summed E-state index contributed by atoms with van der Waals surface area (Å²) in [7, 11) is 1.56. The first-order valence-corrected chi connectivity index (χ1v) is 5.74. The van der Waals surface area contributed by atoms with Crippen LogP contribution < -0.4 is 16.4 Å². The van der Waals surface area contributed by atoms with Crippen molar-refractivity contribution in [3.63, 3.8) is 0 Å². The molecule has 0 bridgehead atoms. The molecule has 0 radical (unpaired) electrons. The molecule has 1 aromatic carbocycles. The van der Waals surface area contributed by atoms with E-state index in [4.69, 9.17) is 5.73 Å². The Balaban J connectivity index is 2.86. The van der Waals surface area contributed by atoms with Gasteiger partial charge >= 0.3 is 0 Å². The lowest BCUT2D eigenvalue weighted by Crippen LogP contribution is -2.37. The third-order valence-electron chi connectivity index (χ3n) is 2.73. The number of amides is 2. The van der Waals surface area contributed by atoms with Gasteiger partial charge in [0.15, 0.2) is 0 Å². The smallest absolute Gasteiger partial charge is 0.251 e. The van der Waals surface area contributed by atoms with Gasteiger partial charge in [0, 0.05) is 24.8 Å². The highest BCUT2D eigenvalue weighted by Crippen LogP contribution is 2.17. The van der Waals surface area contributed by atoms with Crippen LogP contribution in [-0.4, -0.2) is 25.4 Å². The van der Waals surface area contributed by atoms with Gasteiger partial charge in [-0.25, -0.2) is 0 Å². The number of carbonyl (C=O) groups excluding carboxylic acids is 2. The van der Waals surface area contributed by atoms with Gasteiger partial charge in [-0.15, -0.1) is 0 Å². The molecular formula is C13H19N3O2. The van der Waals surface area contributed by atoms with E-state index in [1.54, 1.807) is 45.2 Å². The second-order valence-electron chi connectivity index (χ2n) is 4.70. The fourth-order valence-electron chi connectivity index (χ4n) is 1.28. The molecule has 4 N–H and O–H groups in total. The molecule has 0 aliphatic carbocycles. The Morgan fingerprint density at radius 3 is 2.56 bits per heavy atom. The molecule has 0 spiro atoms. The molecule has 0 saturated carbocycles. The highest BCUT2D eigenvalue weighted by Gasteiger charge is 2.25. The zero-order valence-corrected chi connectivity index (χ0v) is 10.9. The Hall–Kier alpha value is -1.88. The van der Waals surface area contributed by atoms with Crippen molar-refractivity contribution in [1.82, 2.24) is 5.32 Å². The van der Waals surface area contributed by atoms with Gasteiger partial charge in [0.25, 0.3) is 5.91 Å². The second-order valence-corrected chi connectivity index (χ2v) is 4.70. The lowest BCUT2D eigenvalue weighted by Gasteiger charge is -2.21. The van der Waals surface area contributed by atoms with Crippen molar-refractivity contribution in [2.75, 3.05) is 18.9 Å². The molecule has 0 heterocycles. The number of hydrogen-bond donors (Lipinski definition) is 3. The van der Waals surface area contributed by atoms with E-state index in [2.05, 4.69) is 10.6 Å². The van der Waals surface area contributed by atoms with Crippen LogP contribution >= 0.6 is 0 Å². The number of nitrogens with one attached hydrogen (secondary N) is 2. The van der Waals surface area contributed by atoms with Crippen LogP contribution in [0.1, 0.15) is 24.2 Å². The Labute approximate surface area is 107 Å². The van der Waals surface area contributed by atoms with Crippen molar-refractivity contribution in [3.8, 4) is 0 Å². The van der Waals surface area contributed by atoms with Crippen molar-refractivity contribution in [2.45, 2.75) is 13.8 Å². The second kappa shape index (κ2) is 5.64. The zero-order valence-electron chi connectivity index (χ0n) is 10.9. The molecule has 0 saturated heterocycles. The monoisotopic (exact) mass is 249 g/mol. The Bertz CT molecular complexity index is 455. The minimum atomic E-state index is -0.636. The molecule has 0 aliphatic rings. The van der Waals surface area contributed by atoms with Crippen molar-refractivity contribution >= 4 is 17.5 Å². The average Bonchev–Trinajstić information content (AvgIpc) is 2.38. The molecule has 18 heavy (non-hydrogen) atoms. The van der Waals surface area contributed by atoms with Crippen LogP contribution in [0.15, 0.2) is 24.3 Å². The highest BCUT2D eigenvalue weighted by atomic mass is 16.2. The summed E-state index contributed by atoms with van der Waals surface area (Å²) in [6.07, 6.45) is 0. The quantitative estimate of drug-likeness (QED) is 0.743. The minimum Gasteiger partial charge on any atom is -0.355 e. The van der Waals surface area contributed by atoms with E-state index >= 15 is 0 Å². The van der Waals surface area contributed by atoms with E-state index in [9.17, 15) is 9.59 Å². The summed E-state index contributed by atoms with van der Waals surface area (Å²) in [5.74, 6) is -0.358. The van der Waals surface area contributed by atoms with Crippen LogP contribution in [0.3, 0.4) is 0 Å². The lowest BCUT2D eigenvalue weighted by atomic mass is 9.92. The van der Waals surface area contributed by atoms with Crippen molar-refractivity contribution in [1.29, 1.82) is 0 Å². The van der Waals surface area contributed by atoms with Crippen LogP contribution in [0.25, 0.3) is 0 Å². The predicted molar refractivity (Wildman–Crippen MR) is 71.3 cm³/mol. The first-order chi connectivity index (χ1) is 8.40. The molecule has 0 aliphatic heterocycles. The van der Waals surface area contributed by atoms with Crippen molar-refractivity contribution in [2.24, 2.45) is 11.1 Å². The molecule has 0 aromatic heterocycles. The fourth-order valence-corrected chi connectivity index (χ4v) is 1.28. The van der Waals surface area contributed by atoms with E-state index in [-0.39, 0.29) is 18.4 Å². The third-order valence-corrected chi connectivity index (χ3v) is 2.73. The molecule has 98 valence electrons. The van der Waals surface area contributed by atoms with Gasteiger partial charge in [0.05, 0.1) is 5.41 Å². The summed E-state index contributed by atoms with van der Waals surface area (Å²) in [5.41, 5.74) is 5.99. The molecule has 5 heteroatoms. The number of anilines is 1. The molecule has 0 fully saturated rings. The van der Waals surface area contributed by atoms with Crippen LogP contribution in [0.2, 0.25) is 0 Å². The van der Waals surface area contributed by atoms with E-state index in [1.807, 2.05) is 0 Å². The zero-order chi connectivity index (χ0) is 13.8. The van der Waals surface area contributed by atoms with Crippen LogP contribution in [0, 0.1) is 5.41 Å². The minimum absolute atomic E-state index is 0.168. The lowest BCUT2D eigenvalue weighted by molar-refractivity contribution is -0.123. The molecule has 5 nitrogen and oxygen atoms in total. The van der Waals surface area contributed by atoms with Gasteiger partial charge in [0.2, 0.25) is 5.91 Å². The van der Waals surface area contributed by atoms with Gasteiger partial charge in [0.1, 0.15) is 0 Å². The Morgan fingerprint density at radius 2 is 2.00 bits per heavy atom. The third kappa shape index (κ3) is 3.30. The molecule has 0 atom stereocenters. The topological polar surface area (TPSA) is 84.2 Å². The highest BCUT2D eigenvalue weighted by molar-refractivity contribution is 5.98. The first kappa shape index (κ1) is 14.2. The average molecular weight is 249 g/mol. The largest absolute Gasteiger partial charge is 0.355 e. The van der Waals surface area contributed by atoms with Gasteiger partial charge in [-0.3, -0.25) is 9.59 Å². The summed E-state index contributed by atoms with van der Waals surface area (Å²) in [5, 5.41) is 5.29. The molecule has 0 unspecified atom stereocenters. The number of benzene rings is 1. The molecule has 1 rings (SSSR count). The standard InChI is InChI=1S/C13H19N3O2/c1-13(2,8-14)12(18)16-10-6-4-5-9(7-10)11(17)15-3/h4-7H,8,14H2,1-3H3,(H,15,17)(H,16,18). The summed E-state index contributed by atoms with van der Waals surface area (Å²) in [6.45, 7) is 3.80.